The van der Waals surface area contributed by atoms with Crippen molar-refractivity contribution in [2.45, 2.75) is 20.3 Å². The highest BCUT2D eigenvalue weighted by molar-refractivity contribution is 5.95. The topological polar surface area (TPSA) is 55.8 Å². The highest BCUT2D eigenvalue weighted by Gasteiger charge is 2.40. The maximum atomic E-state index is 11.8. The molecule has 1 fully saturated rings. The Morgan fingerprint density at radius 2 is 1.76 bits per heavy atom. The molecule has 0 aliphatic carbocycles. The van der Waals surface area contributed by atoms with Crippen LogP contribution < -0.4 is 0 Å². The largest absolute Gasteiger partial charge is 0.465 e. The lowest BCUT2D eigenvalue weighted by Gasteiger charge is -2.19. The summed E-state index contributed by atoms with van der Waals surface area (Å²) < 4.78 is 9.92. The van der Waals surface area contributed by atoms with Crippen LogP contribution in [0.2, 0.25) is 0 Å². The summed E-state index contributed by atoms with van der Waals surface area (Å²) in [6.07, 6.45) is 0.832. The van der Waals surface area contributed by atoms with E-state index < -0.39 is 17.9 Å². The van der Waals surface area contributed by atoms with E-state index in [9.17, 15) is 9.59 Å². The molecule has 5 nitrogen and oxygen atoms in total. The standard InChI is InChI=1S/C12H21NO4/c1-4-16-11(14)10(12(15)17-5-2)9-6-7-13(3)8-9/h9-10H,4-8H2,1-3H3/t9-/m0/s1. The molecule has 0 amide bonds. The van der Waals surface area contributed by atoms with Gasteiger partial charge in [-0.05, 0) is 39.8 Å². The van der Waals surface area contributed by atoms with Gasteiger partial charge in [0.05, 0.1) is 13.2 Å². The van der Waals surface area contributed by atoms with E-state index in [1.165, 1.54) is 0 Å². The zero-order valence-corrected chi connectivity index (χ0v) is 10.8. The van der Waals surface area contributed by atoms with Gasteiger partial charge >= 0.3 is 11.9 Å². The van der Waals surface area contributed by atoms with Crippen molar-refractivity contribution < 1.29 is 19.1 Å². The number of rotatable bonds is 5. The van der Waals surface area contributed by atoms with Crippen molar-refractivity contribution in [3.8, 4) is 0 Å². The summed E-state index contributed by atoms with van der Waals surface area (Å²) in [5.41, 5.74) is 0. The molecule has 1 aliphatic rings. The SMILES string of the molecule is CCOC(=O)C(C(=O)OCC)[C@H]1CCN(C)C1. The maximum absolute atomic E-state index is 11.8. The van der Waals surface area contributed by atoms with Crippen LogP contribution in [0.5, 0.6) is 0 Å². The number of likely N-dealkylation sites (tertiary alicyclic amines) is 1. The van der Waals surface area contributed by atoms with Crippen LogP contribution >= 0.6 is 0 Å². The Hall–Kier alpha value is -1.10. The molecule has 98 valence electrons. The van der Waals surface area contributed by atoms with Crippen molar-refractivity contribution in [2.75, 3.05) is 33.4 Å². The van der Waals surface area contributed by atoms with Gasteiger partial charge in [-0.2, -0.15) is 0 Å². The van der Waals surface area contributed by atoms with E-state index in [0.717, 1.165) is 19.5 Å². The molecule has 5 heteroatoms. The van der Waals surface area contributed by atoms with Crippen LogP contribution in [0.4, 0.5) is 0 Å². The molecule has 1 rings (SSSR count). The molecule has 0 N–H and O–H groups in total. The second-order valence-electron chi connectivity index (χ2n) is 4.29. The van der Waals surface area contributed by atoms with Crippen LogP contribution in [0.3, 0.4) is 0 Å². The van der Waals surface area contributed by atoms with Crippen LogP contribution in [0, 0.1) is 11.8 Å². The van der Waals surface area contributed by atoms with Crippen molar-refractivity contribution >= 4 is 11.9 Å². The Kier molecular flexibility index (Phi) is 5.41. The third-order valence-corrected chi connectivity index (χ3v) is 2.98. The molecular weight excluding hydrogens is 222 g/mol. The number of esters is 2. The zero-order valence-electron chi connectivity index (χ0n) is 10.8. The Balaban J connectivity index is 2.71. The first-order valence-electron chi connectivity index (χ1n) is 6.11. The van der Waals surface area contributed by atoms with Gasteiger partial charge < -0.3 is 14.4 Å². The number of carbonyl (C=O) groups is 2. The molecule has 0 saturated carbocycles. The molecule has 17 heavy (non-hydrogen) atoms. The summed E-state index contributed by atoms with van der Waals surface area (Å²) in [6.45, 7) is 5.69. The van der Waals surface area contributed by atoms with Crippen LogP contribution in [0.1, 0.15) is 20.3 Å². The molecule has 0 aromatic carbocycles. The number of carbonyl (C=O) groups excluding carboxylic acids is 2. The van der Waals surface area contributed by atoms with Gasteiger partial charge in [0, 0.05) is 6.54 Å². The number of hydrogen-bond acceptors (Lipinski definition) is 5. The van der Waals surface area contributed by atoms with Crippen molar-refractivity contribution in [1.29, 1.82) is 0 Å². The minimum absolute atomic E-state index is 0.0121. The molecule has 0 spiro atoms. The molecular formula is C12H21NO4. The summed E-state index contributed by atoms with van der Waals surface area (Å²) in [4.78, 5) is 25.7. The van der Waals surface area contributed by atoms with Gasteiger partial charge in [-0.15, -0.1) is 0 Å². The fourth-order valence-electron chi connectivity index (χ4n) is 2.19. The average molecular weight is 243 g/mol. The van der Waals surface area contributed by atoms with Gasteiger partial charge in [-0.25, -0.2) is 0 Å². The minimum Gasteiger partial charge on any atom is -0.465 e. The van der Waals surface area contributed by atoms with Gasteiger partial charge in [0.2, 0.25) is 0 Å². The lowest BCUT2D eigenvalue weighted by molar-refractivity contribution is -0.164. The summed E-state index contributed by atoms with van der Waals surface area (Å²) in [5, 5.41) is 0. The predicted molar refractivity (Wildman–Crippen MR) is 62.4 cm³/mol. The lowest BCUT2D eigenvalue weighted by atomic mass is 9.91. The predicted octanol–water partition coefficient (Wildman–Crippen LogP) is 0.681. The molecule has 1 aliphatic heterocycles. The molecule has 0 aromatic heterocycles. The molecule has 0 unspecified atom stereocenters. The van der Waals surface area contributed by atoms with Crippen molar-refractivity contribution in [3.63, 3.8) is 0 Å². The summed E-state index contributed by atoms with van der Waals surface area (Å²) in [6, 6.07) is 0. The highest BCUT2D eigenvalue weighted by Crippen LogP contribution is 2.25. The number of ether oxygens (including phenoxy) is 2. The van der Waals surface area contributed by atoms with Gasteiger partial charge in [0.1, 0.15) is 0 Å². The molecule has 1 saturated heterocycles. The summed E-state index contributed by atoms with van der Waals surface area (Å²) >= 11 is 0. The highest BCUT2D eigenvalue weighted by atomic mass is 16.6. The van der Waals surface area contributed by atoms with Gasteiger partial charge in [-0.1, -0.05) is 0 Å². The summed E-state index contributed by atoms with van der Waals surface area (Å²) in [5.74, 6) is -1.66. The fraction of sp³-hybridized carbons (Fsp3) is 0.833. The van der Waals surface area contributed by atoms with Crippen molar-refractivity contribution in [3.05, 3.63) is 0 Å². The van der Waals surface area contributed by atoms with E-state index >= 15 is 0 Å². The third-order valence-electron chi connectivity index (χ3n) is 2.98. The zero-order chi connectivity index (χ0) is 12.8. The second kappa shape index (κ2) is 6.59. The number of nitrogens with zero attached hydrogens (tertiary/aromatic N) is 1. The van der Waals surface area contributed by atoms with Crippen LogP contribution in [-0.2, 0) is 19.1 Å². The average Bonchev–Trinajstić information content (AvgIpc) is 2.66. The van der Waals surface area contributed by atoms with Gasteiger partial charge in [0.15, 0.2) is 5.92 Å². The maximum Gasteiger partial charge on any atom is 0.320 e. The van der Waals surface area contributed by atoms with E-state index in [-0.39, 0.29) is 19.1 Å². The second-order valence-corrected chi connectivity index (χ2v) is 4.29. The molecule has 0 bridgehead atoms. The minimum atomic E-state index is -0.764. The third kappa shape index (κ3) is 3.70. The molecule has 1 heterocycles. The Labute approximate surface area is 102 Å². The smallest absolute Gasteiger partial charge is 0.320 e. The Morgan fingerprint density at radius 3 is 2.12 bits per heavy atom. The number of hydrogen-bond donors (Lipinski definition) is 0. The van der Waals surface area contributed by atoms with Gasteiger partial charge in [0.25, 0.3) is 0 Å². The lowest BCUT2D eigenvalue weighted by Crippen LogP contribution is -2.35. The Morgan fingerprint density at radius 1 is 1.24 bits per heavy atom. The fourth-order valence-corrected chi connectivity index (χ4v) is 2.19. The van der Waals surface area contributed by atoms with E-state index in [1.54, 1.807) is 13.8 Å². The van der Waals surface area contributed by atoms with E-state index in [1.807, 2.05) is 7.05 Å². The quantitative estimate of drug-likeness (QED) is 0.525. The monoisotopic (exact) mass is 243 g/mol. The Bertz CT molecular complexity index is 262. The molecule has 1 atom stereocenters. The van der Waals surface area contributed by atoms with Crippen molar-refractivity contribution in [2.24, 2.45) is 11.8 Å². The van der Waals surface area contributed by atoms with Crippen molar-refractivity contribution in [1.82, 2.24) is 4.90 Å². The summed E-state index contributed by atoms with van der Waals surface area (Å²) in [7, 11) is 1.98. The van der Waals surface area contributed by atoms with Gasteiger partial charge in [-0.3, -0.25) is 9.59 Å². The van der Waals surface area contributed by atoms with Crippen LogP contribution in [-0.4, -0.2) is 50.2 Å². The first-order chi connectivity index (χ1) is 8.10. The van der Waals surface area contributed by atoms with Crippen LogP contribution in [0.25, 0.3) is 0 Å². The van der Waals surface area contributed by atoms with E-state index in [4.69, 9.17) is 9.47 Å². The molecule has 0 radical (unpaired) electrons. The van der Waals surface area contributed by atoms with E-state index in [2.05, 4.69) is 4.90 Å². The van der Waals surface area contributed by atoms with E-state index in [0.29, 0.717) is 0 Å². The normalized spacial score (nSPS) is 20.6. The first-order valence-corrected chi connectivity index (χ1v) is 6.11. The first kappa shape index (κ1) is 14.0. The molecule has 0 aromatic rings. The van der Waals surface area contributed by atoms with Crippen LogP contribution in [0.15, 0.2) is 0 Å².